The average Bonchev–Trinajstić information content (AvgIpc) is 3.16. The van der Waals surface area contributed by atoms with E-state index in [0.717, 1.165) is 26.8 Å². The zero-order valence-electron chi connectivity index (χ0n) is 12.8. The summed E-state index contributed by atoms with van der Waals surface area (Å²) in [4.78, 5) is 0.738. The predicted octanol–water partition coefficient (Wildman–Crippen LogP) is 4.57. The Hall–Kier alpha value is -2.44. The van der Waals surface area contributed by atoms with Crippen LogP contribution in [0.3, 0.4) is 0 Å². The lowest BCUT2D eigenvalue weighted by atomic mass is 10.2. The molecule has 0 fully saturated rings. The molecule has 0 saturated heterocycles. The van der Waals surface area contributed by atoms with Crippen molar-refractivity contribution in [3.63, 3.8) is 0 Å². The summed E-state index contributed by atoms with van der Waals surface area (Å²) >= 11 is 7.56. The first-order chi connectivity index (χ1) is 11.7. The Kier molecular flexibility index (Phi) is 3.92. The van der Waals surface area contributed by atoms with Crippen LogP contribution in [0.15, 0.2) is 48.5 Å². The minimum absolute atomic E-state index is 0.632. The second-order valence-electron chi connectivity index (χ2n) is 5.10. The molecule has 0 unspecified atom stereocenters. The summed E-state index contributed by atoms with van der Waals surface area (Å²) in [5.74, 6) is 1.51. The van der Waals surface area contributed by atoms with Crippen molar-refractivity contribution >= 4 is 27.9 Å². The van der Waals surface area contributed by atoms with Gasteiger partial charge in [-0.15, -0.1) is 10.2 Å². The topological polar surface area (TPSA) is 52.3 Å². The van der Waals surface area contributed by atoms with Gasteiger partial charge in [-0.1, -0.05) is 47.2 Å². The maximum absolute atomic E-state index is 6.07. The lowest BCUT2D eigenvalue weighted by Crippen LogP contribution is -1.92. The number of hydrogen-bond acceptors (Lipinski definition) is 5. The molecule has 0 bridgehead atoms. The van der Waals surface area contributed by atoms with Gasteiger partial charge < -0.3 is 4.74 Å². The van der Waals surface area contributed by atoms with E-state index < -0.39 is 0 Å². The van der Waals surface area contributed by atoms with Crippen LogP contribution >= 0.6 is 22.9 Å². The zero-order valence-corrected chi connectivity index (χ0v) is 14.4. The molecule has 2 heterocycles. The standard InChI is InChI=1S/C17H13ClN4OS/c1-2-23-14-8-4-6-12(10-14)16-21-22-15(19-20-17(22)24-16)11-5-3-7-13(18)9-11/h3-10H,2H2,1H3. The van der Waals surface area contributed by atoms with E-state index in [-0.39, 0.29) is 0 Å². The van der Waals surface area contributed by atoms with E-state index in [4.69, 9.17) is 16.3 Å². The molecular formula is C17H13ClN4OS. The summed E-state index contributed by atoms with van der Waals surface area (Å²) in [5, 5.41) is 14.6. The van der Waals surface area contributed by atoms with Crippen LogP contribution < -0.4 is 4.74 Å². The highest BCUT2D eigenvalue weighted by molar-refractivity contribution is 7.19. The van der Waals surface area contributed by atoms with Crippen LogP contribution in [0.4, 0.5) is 0 Å². The van der Waals surface area contributed by atoms with Crippen LogP contribution in [0.5, 0.6) is 5.75 Å². The van der Waals surface area contributed by atoms with Crippen LogP contribution in [0.2, 0.25) is 5.02 Å². The molecule has 120 valence electrons. The fourth-order valence-electron chi connectivity index (χ4n) is 2.43. The van der Waals surface area contributed by atoms with Gasteiger partial charge in [-0.3, -0.25) is 0 Å². The molecular weight excluding hydrogens is 344 g/mol. The van der Waals surface area contributed by atoms with Gasteiger partial charge in [-0.2, -0.15) is 9.61 Å². The molecule has 2 aromatic heterocycles. The smallest absolute Gasteiger partial charge is 0.235 e. The van der Waals surface area contributed by atoms with Gasteiger partial charge in [-0.05, 0) is 31.2 Å². The van der Waals surface area contributed by atoms with Crippen molar-refractivity contribution < 1.29 is 4.74 Å². The normalized spacial score (nSPS) is 11.1. The van der Waals surface area contributed by atoms with Crippen LogP contribution in [0.25, 0.3) is 26.9 Å². The van der Waals surface area contributed by atoms with Crippen molar-refractivity contribution in [1.29, 1.82) is 0 Å². The summed E-state index contributed by atoms with van der Waals surface area (Å²) in [6.07, 6.45) is 0. The van der Waals surface area contributed by atoms with E-state index in [1.807, 2.05) is 55.5 Å². The summed E-state index contributed by atoms with van der Waals surface area (Å²) < 4.78 is 7.31. The van der Waals surface area contributed by atoms with Crippen LogP contribution in [0.1, 0.15) is 6.92 Å². The number of aromatic nitrogens is 4. The summed E-state index contributed by atoms with van der Waals surface area (Å²) in [5.41, 5.74) is 1.88. The van der Waals surface area contributed by atoms with Gasteiger partial charge in [0.05, 0.1) is 6.61 Å². The molecule has 24 heavy (non-hydrogen) atoms. The van der Waals surface area contributed by atoms with Gasteiger partial charge >= 0.3 is 0 Å². The molecule has 0 atom stereocenters. The highest BCUT2D eigenvalue weighted by Crippen LogP contribution is 2.30. The van der Waals surface area contributed by atoms with Gasteiger partial charge in [0.15, 0.2) is 5.82 Å². The Bertz CT molecular complexity index is 1010. The van der Waals surface area contributed by atoms with Crippen molar-refractivity contribution in [2.24, 2.45) is 0 Å². The van der Waals surface area contributed by atoms with Crippen molar-refractivity contribution in [2.45, 2.75) is 6.92 Å². The van der Waals surface area contributed by atoms with Gasteiger partial charge in [0.25, 0.3) is 0 Å². The summed E-state index contributed by atoms with van der Waals surface area (Å²) in [7, 11) is 0. The number of rotatable bonds is 4. The molecule has 0 spiro atoms. The molecule has 0 aliphatic rings. The van der Waals surface area contributed by atoms with Crippen molar-refractivity contribution in [1.82, 2.24) is 19.8 Å². The number of ether oxygens (including phenoxy) is 1. The third-order valence-corrected chi connectivity index (χ3v) is 4.65. The highest BCUT2D eigenvalue weighted by atomic mass is 35.5. The first-order valence-corrected chi connectivity index (χ1v) is 8.65. The van der Waals surface area contributed by atoms with Gasteiger partial charge in [-0.25, -0.2) is 0 Å². The molecule has 0 saturated carbocycles. The SMILES string of the molecule is CCOc1cccc(-c2nn3c(-c4cccc(Cl)c4)nnc3s2)c1. The van der Waals surface area contributed by atoms with E-state index in [2.05, 4.69) is 15.3 Å². The lowest BCUT2D eigenvalue weighted by molar-refractivity contribution is 0.340. The molecule has 4 aromatic rings. The van der Waals surface area contributed by atoms with Gasteiger partial charge in [0, 0.05) is 16.1 Å². The number of halogens is 1. The van der Waals surface area contributed by atoms with E-state index in [1.54, 1.807) is 4.52 Å². The Morgan fingerprint density at radius 2 is 1.92 bits per heavy atom. The molecule has 0 aliphatic heterocycles. The van der Waals surface area contributed by atoms with Gasteiger partial charge in [0.2, 0.25) is 4.96 Å². The third-order valence-electron chi connectivity index (χ3n) is 3.47. The molecule has 0 radical (unpaired) electrons. The molecule has 7 heteroatoms. The minimum atomic E-state index is 0.632. The quantitative estimate of drug-likeness (QED) is 0.537. The number of benzene rings is 2. The minimum Gasteiger partial charge on any atom is -0.494 e. The molecule has 0 amide bonds. The molecule has 0 N–H and O–H groups in total. The zero-order chi connectivity index (χ0) is 16.5. The number of nitrogens with zero attached hydrogens (tertiary/aromatic N) is 4. The summed E-state index contributed by atoms with van der Waals surface area (Å²) in [6, 6.07) is 15.4. The van der Waals surface area contributed by atoms with Crippen molar-refractivity contribution in [2.75, 3.05) is 6.61 Å². The van der Waals surface area contributed by atoms with E-state index in [1.165, 1.54) is 11.3 Å². The van der Waals surface area contributed by atoms with Crippen molar-refractivity contribution in [3.05, 3.63) is 53.6 Å². The van der Waals surface area contributed by atoms with E-state index >= 15 is 0 Å². The number of fused-ring (bicyclic) bond motifs is 1. The lowest BCUT2D eigenvalue weighted by Gasteiger charge is -2.03. The highest BCUT2D eigenvalue weighted by Gasteiger charge is 2.15. The fourth-order valence-corrected chi connectivity index (χ4v) is 3.45. The molecule has 5 nitrogen and oxygen atoms in total. The molecule has 0 aliphatic carbocycles. The Balaban J connectivity index is 1.78. The number of hydrogen-bond donors (Lipinski definition) is 0. The average molecular weight is 357 g/mol. The second kappa shape index (κ2) is 6.22. The predicted molar refractivity (Wildman–Crippen MR) is 95.7 cm³/mol. The van der Waals surface area contributed by atoms with Gasteiger partial charge in [0.1, 0.15) is 10.8 Å². The Labute approximate surface area is 147 Å². The van der Waals surface area contributed by atoms with Crippen molar-refractivity contribution in [3.8, 4) is 27.7 Å². The third kappa shape index (κ3) is 2.74. The Morgan fingerprint density at radius 3 is 2.75 bits per heavy atom. The largest absolute Gasteiger partial charge is 0.494 e. The van der Waals surface area contributed by atoms with Crippen LogP contribution in [-0.2, 0) is 0 Å². The van der Waals surface area contributed by atoms with Crippen LogP contribution in [-0.4, -0.2) is 26.4 Å². The monoisotopic (exact) mass is 356 g/mol. The van der Waals surface area contributed by atoms with E-state index in [0.29, 0.717) is 17.5 Å². The second-order valence-corrected chi connectivity index (χ2v) is 6.49. The first-order valence-electron chi connectivity index (χ1n) is 7.46. The summed E-state index contributed by atoms with van der Waals surface area (Å²) in [6.45, 7) is 2.60. The molecule has 4 rings (SSSR count). The van der Waals surface area contributed by atoms with E-state index in [9.17, 15) is 0 Å². The Morgan fingerprint density at radius 1 is 1.08 bits per heavy atom. The maximum Gasteiger partial charge on any atom is 0.235 e. The van der Waals surface area contributed by atoms with Crippen LogP contribution in [0, 0.1) is 0 Å². The molecule has 2 aromatic carbocycles. The fraction of sp³-hybridized carbons (Fsp3) is 0.118. The maximum atomic E-state index is 6.07. The first kappa shape index (κ1) is 15.1.